The van der Waals surface area contributed by atoms with Gasteiger partial charge in [0.05, 0.1) is 0 Å². The summed E-state index contributed by atoms with van der Waals surface area (Å²) in [6, 6.07) is 0. The molecule has 3 N–H and O–H groups in total. The van der Waals surface area contributed by atoms with Crippen LogP contribution in [0.2, 0.25) is 0 Å². The smallest absolute Gasteiger partial charge is 0.000287 e. The molecule has 0 atom stereocenters. The van der Waals surface area contributed by atoms with Crippen LogP contribution in [-0.4, -0.2) is 19.6 Å². The highest BCUT2D eigenvalue weighted by atomic mass is 14.9. The number of rotatable bonds is 5. The Hall–Kier alpha value is -0.0800. The zero-order valence-corrected chi connectivity index (χ0v) is 7.41. The summed E-state index contributed by atoms with van der Waals surface area (Å²) < 4.78 is 0. The van der Waals surface area contributed by atoms with E-state index in [2.05, 4.69) is 26.1 Å². The van der Waals surface area contributed by atoms with E-state index < -0.39 is 0 Å². The van der Waals surface area contributed by atoms with Crippen molar-refractivity contribution < 1.29 is 0 Å². The lowest BCUT2D eigenvalue weighted by atomic mass is 9.89. The number of hydrogen-bond acceptors (Lipinski definition) is 2. The van der Waals surface area contributed by atoms with E-state index in [1.54, 1.807) is 0 Å². The molecule has 0 aliphatic rings. The van der Waals surface area contributed by atoms with Gasteiger partial charge < -0.3 is 11.1 Å². The van der Waals surface area contributed by atoms with Crippen molar-refractivity contribution in [2.24, 2.45) is 11.1 Å². The standard InChI is InChI=1S/C8H20N2/c1-4-10-7-8(2,3)5-6-9/h10H,4-7,9H2,1-3H3. The summed E-state index contributed by atoms with van der Waals surface area (Å²) in [4.78, 5) is 0. The lowest BCUT2D eigenvalue weighted by Crippen LogP contribution is -2.31. The van der Waals surface area contributed by atoms with Crippen molar-refractivity contribution in [3.63, 3.8) is 0 Å². The highest BCUT2D eigenvalue weighted by Crippen LogP contribution is 2.16. The Balaban J connectivity index is 3.42. The van der Waals surface area contributed by atoms with Crippen LogP contribution < -0.4 is 11.1 Å². The molecule has 0 rings (SSSR count). The van der Waals surface area contributed by atoms with Crippen LogP contribution in [0.1, 0.15) is 27.2 Å². The Morgan fingerprint density at radius 3 is 2.40 bits per heavy atom. The first-order valence-corrected chi connectivity index (χ1v) is 4.03. The monoisotopic (exact) mass is 144 g/mol. The minimum atomic E-state index is 0.366. The molecule has 0 aromatic rings. The summed E-state index contributed by atoms with van der Waals surface area (Å²) in [5.41, 5.74) is 5.82. The molecule has 2 nitrogen and oxygen atoms in total. The largest absolute Gasteiger partial charge is 0.330 e. The third-order valence-electron chi connectivity index (χ3n) is 1.67. The lowest BCUT2D eigenvalue weighted by Gasteiger charge is -2.23. The molecule has 0 unspecified atom stereocenters. The molecule has 0 aliphatic carbocycles. The first kappa shape index (κ1) is 9.92. The van der Waals surface area contributed by atoms with E-state index in [0.717, 1.165) is 26.1 Å². The van der Waals surface area contributed by atoms with Gasteiger partial charge in [0.15, 0.2) is 0 Å². The quantitative estimate of drug-likeness (QED) is 0.603. The van der Waals surface area contributed by atoms with Crippen LogP contribution in [0.3, 0.4) is 0 Å². The van der Waals surface area contributed by atoms with Gasteiger partial charge in [0.25, 0.3) is 0 Å². The van der Waals surface area contributed by atoms with Gasteiger partial charge in [0.2, 0.25) is 0 Å². The zero-order valence-electron chi connectivity index (χ0n) is 7.41. The molecule has 0 aliphatic heterocycles. The van der Waals surface area contributed by atoms with Gasteiger partial charge in [-0.2, -0.15) is 0 Å². The predicted octanol–water partition coefficient (Wildman–Crippen LogP) is 0.971. The van der Waals surface area contributed by atoms with Crippen molar-refractivity contribution in [3.8, 4) is 0 Å². The van der Waals surface area contributed by atoms with Gasteiger partial charge in [-0.3, -0.25) is 0 Å². The van der Waals surface area contributed by atoms with E-state index in [-0.39, 0.29) is 0 Å². The van der Waals surface area contributed by atoms with Gasteiger partial charge in [-0.15, -0.1) is 0 Å². The Morgan fingerprint density at radius 1 is 1.40 bits per heavy atom. The topological polar surface area (TPSA) is 38.0 Å². The van der Waals surface area contributed by atoms with Crippen molar-refractivity contribution in [3.05, 3.63) is 0 Å². The summed E-state index contributed by atoms with van der Waals surface area (Å²) in [6.45, 7) is 9.51. The second-order valence-electron chi connectivity index (χ2n) is 3.48. The van der Waals surface area contributed by atoms with Gasteiger partial charge in [-0.1, -0.05) is 20.8 Å². The van der Waals surface area contributed by atoms with E-state index in [1.807, 2.05) is 0 Å². The number of nitrogens with two attached hydrogens (primary N) is 1. The maximum Gasteiger partial charge on any atom is 0.000287 e. The third kappa shape index (κ3) is 4.77. The SMILES string of the molecule is CCNCC(C)(C)CCN. The Bertz CT molecular complexity index is 79.3. The predicted molar refractivity (Wildman–Crippen MR) is 46.0 cm³/mol. The molecular weight excluding hydrogens is 124 g/mol. The van der Waals surface area contributed by atoms with Gasteiger partial charge in [0, 0.05) is 6.54 Å². The van der Waals surface area contributed by atoms with Crippen molar-refractivity contribution in [1.82, 2.24) is 5.32 Å². The second-order valence-corrected chi connectivity index (χ2v) is 3.48. The molecule has 2 heteroatoms. The average Bonchev–Trinajstić information content (AvgIpc) is 1.84. The van der Waals surface area contributed by atoms with Gasteiger partial charge in [0.1, 0.15) is 0 Å². The van der Waals surface area contributed by atoms with E-state index in [9.17, 15) is 0 Å². The van der Waals surface area contributed by atoms with Crippen molar-refractivity contribution >= 4 is 0 Å². The van der Waals surface area contributed by atoms with Gasteiger partial charge >= 0.3 is 0 Å². The van der Waals surface area contributed by atoms with E-state index in [4.69, 9.17) is 5.73 Å². The molecule has 10 heavy (non-hydrogen) atoms. The molecule has 0 fully saturated rings. The number of nitrogens with one attached hydrogen (secondary N) is 1. The highest BCUT2D eigenvalue weighted by Gasteiger charge is 2.14. The maximum atomic E-state index is 5.46. The van der Waals surface area contributed by atoms with Crippen LogP contribution in [0.15, 0.2) is 0 Å². The molecule has 0 amide bonds. The van der Waals surface area contributed by atoms with E-state index in [1.165, 1.54) is 0 Å². The Labute approximate surface area is 64.2 Å². The molecule has 0 saturated carbocycles. The molecule has 0 aromatic carbocycles. The molecule has 0 spiro atoms. The summed E-state index contributed by atoms with van der Waals surface area (Å²) >= 11 is 0. The fourth-order valence-corrected chi connectivity index (χ4v) is 0.943. The maximum absolute atomic E-state index is 5.46. The lowest BCUT2D eigenvalue weighted by molar-refractivity contribution is 0.323. The van der Waals surface area contributed by atoms with Crippen LogP contribution in [0.4, 0.5) is 0 Å². The van der Waals surface area contributed by atoms with Gasteiger partial charge in [-0.05, 0) is 24.9 Å². The van der Waals surface area contributed by atoms with Crippen LogP contribution in [0, 0.1) is 5.41 Å². The summed E-state index contributed by atoms with van der Waals surface area (Å²) in [7, 11) is 0. The first-order chi connectivity index (χ1) is 4.62. The van der Waals surface area contributed by atoms with Crippen LogP contribution in [0.5, 0.6) is 0 Å². The first-order valence-electron chi connectivity index (χ1n) is 4.03. The number of hydrogen-bond donors (Lipinski definition) is 2. The molecule has 0 saturated heterocycles. The Morgan fingerprint density at radius 2 is 2.00 bits per heavy atom. The van der Waals surface area contributed by atoms with E-state index >= 15 is 0 Å². The minimum Gasteiger partial charge on any atom is -0.330 e. The highest BCUT2D eigenvalue weighted by molar-refractivity contribution is 4.70. The van der Waals surface area contributed by atoms with Crippen LogP contribution in [0.25, 0.3) is 0 Å². The van der Waals surface area contributed by atoms with Crippen molar-refractivity contribution in [1.29, 1.82) is 0 Å². The molecule has 0 bridgehead atoms. The normalized spacial score (nSPS) is 12.0. The molecular formula is C8H20N2. The summed E-state index contributed by atoms with van der Waals surface area (Å²) in [6.07, 6.45) is 1.10. The fourth-order valence-electron chi connectivity index (χ4n) is 0.943. The molecule has 0 heterocycles. The molecule has 0 radical (unpaired) electrons. The van der Waals surface area contributed by atoms with E-state index in [0.29, 0.717) is 5.41 Å². The average molecular weight is 144 g/mol. The summed E-state index contributed by atoms with van der Waals surface area (Å²) in [5.74, 6) is 0. The molecule has 62 valence electrons. The van der Waals surface area contributed by atoms with Crippen LogP contribution >= 0.6 is 0 Å². The second kappa shape index (κ2) is 4.69. The van der Waals surface area contributed by atoms with Crippen LogP contribution in [-0.2, 0) is 0 Å². The summed E-state index contributed by atoms with van der Waals surface area (Å²) in [5, 5.41) is 3.32. The van der Waals surface area contributed by atoms with Crippen molar-refractivity contribution in [2.75, 3.05) is 19.6 Å². The third-order valence-corrected chi connectivity index (χ3v) is 1.67. The Kier molecular flexibility index (Phi) is 4.65. The van der Waals surface area contributed by atoms with Gasteiger partial charge in [-0.25, -0.2) is 0 Å². The minimum absolute atomic E-state index is 0.366. The van der Waals surface area contributed by atoms with Crippen molar-refractivity contribution in [2.45, 2.75) is 27.2 Å². The zero-order chi connectivity index (χ0) is 8.04. The molecule has 0 aromatic heterocycles. The fraction of sp³-hybridized carbons (Fsp3) is 1.00.